The zero-order chi connectivity index (χ0) is 23.8. The summed E-state index contributed by atoms with van der Waals surface area (Å²) in [5.74, 6) is 1.93. The highest BCUT2D eigenvalue weighted by molar-refractivity contribution is 5.43. The number of para-hydroxylation sites is 1. The van der Waals surface area contributed by atoms with E-state index in [1.54, 1.807) is 0 Å². The maximum absolute atomic E-state index is 10.5. The summed E-state index contributed by atoms with van der Waals surface area (Å²) >= 11 is 0. The zero-order valence-corrected chi connectivity index (χ0v) is 20.5. The topological polar surface area (TPSA) is 59.8 Å². The Balaban J connectivity index is 1.96. The van der Waals surface area contributed by atoms with Crippen molar-refractivity contribution in [2.24, 2.45) is 5.92 Å². The molecule has 1 aromatic heterocycles. The number of aliphatic hydroxyl groups excluding tert-OH is 1. The molecule has 0 spiro atoms. The van der Waals surface area contributed by atoms with Crippen LogP contribution in [0.4, 0.5) is 0 Å². The van der Waals surface area contributed by atoms with Crippen LogP contribution in [-0.2, 0) is 11.3 Å². The van der Waals surface area contributed by atoms with Crippen LogP contribution in [-0.4, -0.2) is 52.2 Å². The third-order valence-corrected chi connectivity index (χ3v) is 5.36. The lowest BCUT2D eigenvalue weighted by atomic mass is 10.1. The molecule has 0 amide bonds. The first-order valence-electron chi connectivity index (χ1n) is 11.7. The van der Waals surface area contributed by atoms with E-state index in [2.05, 4.69) is 25.7 Å². The van der Waals surface area contributed by atoms with Crippen molar-refractivity contribution in [2.75, 3.05) is 26.3 Å². The molecule has 178 valence electrons. The lowest BCUT2D eigenvalue weighted by molar-refractivity contribution is 0.0173. The minimum absolute atomic E-state index is 0.333. The monoisotopic (exact) mass is 451 g/mol. The van der Waals surface area contributed by atoms with Crippen LogP contribution >= 0.6 is 0 Å². The Morgan fingerprint density at radius 3 is 2.33 bits per heavy atom. The fourth-order valence-electron chi connectivity index (χ4n) is 3.84. The minimum Gasteiger partial charge on any atom is -0.439 e. The highest BCUT2D eigenvalue weighted by atomic mass is 16.5. The largest absolute Gasteiger partial charge is 0.439 e. The summed E-state index contributed by atoms with van der Waals surface area (Å²) in [4.78, 5) is 2.26. The second-order valence-electron chi connectivity index (χ2n) is 8.93. The van der Waals surface area contributed by atoms with Crippen LogP contribution < -0.4 is 4.74 Å². The first kappa shape index (κ1) is 25.0. The van der Waals surface area contributed by atoms with E-state index < -0.39 is 6.10 Å². The number of aliphatic hydroxyl groups is 1. The Morgan fingerprint density at radius 1 is 1.00 bits per heavy atom. The van der Waals surface area contributed by atoms with Gasteiger partial charge in [-0.05, 0) is 51.0 Å². The number of aromatic nitrogens is 2. The van der Waals surface area contributed by atoms with E-state index in [1.165, 1.54) is 5.56 Å². The molecule has 0 saturated heterocycles. The van der Waals surface area contributed by atoms with Crippen LogP contribution in [0.5, 0.6) is 11.6 Å². The molecule has 3 aromatic rings. The van der Waals surface area contributed by atoms with E-state index >= 15 is 0 Å². The van der Waals surface area contributed by atoms with Crippen LogP contribution in [0.15, 0.2) is 54.6 Å². The first-order chi connectivity index (χ1) is 15.9. The van der Waals surface area contributed by atoms with E-state index in [9.17, 15) is 5.11 Å². The third kappa shape index (κ3) is 7.16. The molecule has 0 aliphatic heterocycles. The second kappa shape index (κ2) is 12.0. The van der Waals surface area contributed by atoms with Gasteiger partial charge in [-0.25, -0.2) is 4.68 Å². The smallest absolute Gasteiger partial charge is 0.227 e. The summed E-state index contributed by atoms with van der Waals surface area (Å²) in [5.41, 5.74) is 4.06. The molecule has 0 fully saturated rings. The fraction of sp³-hybridized carbons (Fsp3) is 0.444. The van der Waals surface area contributed by atoms with Crippen molar-refractivity contribution in [1.82, 2.24) is 14.7 Å². The van der Waals surface area contributed by atoms with Gasteiger partial charge in [0.1, 0.15) is 5.75 Å². The molecule has 0 bridgehead atoms. The quantitative estimate of drug-likeness (QED) is 0.413. The molecule has 0 saturated carbocycles. The van der Waals surface area contributed by atoms with Gasteiger partial charge >= 0.3 is 0 Å². The molecule has 3 rings (SSSR count). The summed E-state index contributed by atoms with van der Waals surface area (Å²) in [6, 6.07) is 18.1. The molecule has 0 aliphatic rings. The van der Waals surface area contributed by atoms with Crippen molar-refractivity contribution in [2.45, 2.75) is 47.3 Å². The molecule has 1 atom stereocenters. The Bertz CT molecular complexity index is 984. The number of benzene rings is 2. The van der Waals surface area contributed by atoms with Gasteiger partial charge in [0.25, 0.3) is 0 Å². The van der Waals surface area contributed by atoms with Gasteiger partial charge in [-0.15, -0.1) is 0 Å². The number of hydrogen-bond donors (Lipinski definition) is 1. The van der Waals surface area contributed by atoms with E-state index in [0.717, 1.165) is 29.2 Å². The summed E-state index contributed by atoms with van der Waals surface area (Å²) in [5, 5.41) is 15.3. The Kier molecular flexibility index (Phi) is 9.06. The van der Waals surface area contributed by atoms with Gasteiger partial charge in [-0.1, -0.05) is 49.7 Å². The summed E-state index contributed by atoms with van der Waals surface area (Å²) in [7, 11) is 0. The Labute approximate surface area is 197 Å². The number of aryl methyl sites for hydroxylation is 2. The molecular weight excluding hydrogens is 414 g/mol. The molecule has 1 heterocycles. The van der Waals surface area contributed by atoms with Crippen molar-refractivity contribution in [3.05, 3.63) is 71.4 Å². The molecule has 6 nitrogen and oxygen atoms in total. The van der Waals surface area contributed by atoms with Crippen LogP contribution in [0.2, 0.25) is 0 Å². The molecule has 0 radical (unpaired) electrons. The van der Waals surface area contributed by atoms with Gasteiger partial charge in [0, 0.05) is 26.2 Å². The fourth-order valence-corrected chi connectivity index (χ4v) is 3.84. The Hall–Kier alpha value is -2.67. The van der Waals surface area contributed by atoms with Crippen molar-refractivity contribution in [1.29, 1.82) is 0 Å². The van der Waals surface area contributed by atoms with E-state index in [4.69, 9.17) is 14.6 Å². The zero-order valence-electron chi connectivity index (χ0n) is 20.5. The molecule has 33 heavy (non-hydrogen) atoms. The second-order valence-corrected chi connectivity index (χ2v) is 8.93. The molecule has 0 unspecified atom stereocenters. The van der Waals surface area contributed by atoms with Crippen molar-refractivity contribution in [3.8, 4) is 17.3 Å². The van der Waals surface area contributed by atoms with Gasteiger partial charge in [0.2, 0.25) is 5.88 Å². The first-order valence-corrected chi connectivity index (χ1v) is 11.7. The highest BCUT2D eigenvalue weighted by Gasteiger charge is 2.23. The molecule has 2 aromatic carbocycles. The molecular formula is C27H37N3O3. The maximum atomic E-state index is 10.5. The lowest BCUT2D eigenvalue weighted by Gasteiger charge is -2.27. The van der Waals surface area contributed by atoms with E-state index in [1.807, 2.05) is 73.1 Å². The molecule has 1 N–H and O–H groups in total. The summed E-state index contributed by atoms with van der Waals surface area (Å²) in [6.07, 6.45) is -0.547. The number of rotatable bonds is 12. The van der Waals surface area contributed by atoms with Crippen LogP contribution in [0, 0.1) is 19.8 Å². The van der Waals surface area contributed by atoms with Gasteiger partial charge < -0.3 is 14.6 Å². The SMILES string of the molecule is CCOC[C@@H](O)CN(Cc1c(C)nn(-c2ccccc2)c1Oc1ccc(C)cc1)CC(C)C. The summed E-state index contributed by atoms with van der Waals surface area (Å²) in [6.45, 7) is 13.3. The standard InChI is InChI=1S/C27H37N3O3/c1-6-32-19-24(31)17-29(16-20(2)3)18-26-22(5)28-30(23-10-8-7-9-11-23)27(26)33-25-14-12-21(4)13-15-25/h7-15,20,24,31H,6,16-19H2,1-5H3/t24-/m0/s1. The molecule has 6 heteroatoms. The predicted molar refractivity (Wildman–Crippen MR) is 132 cm³/mol. The summed E-state index contributed by atoms with van der Waals surface area (Å²) < 4.78 is 13.7. The normalized spacial score (nSPS) is 12.5. The van der Waals surface area contributed by atoms with E-state index in [-0.39, 0.29) is 0 Å². The van der Waals surface area contributed by atoms with E-state index in [0.29, 0.717) is 38.1 Å². The van der Waals surface area contributed by atoms with Crippen molar-refractivity contribution >= 4 is 0 Å². The van der Waals surface area contributed by atoms with Crippen LogP contribution in [0.25, 0.3) is 5.69 Å². The van der Waals surface area contributed by atoms with Crippen LogP contribution in [0.3, 0.4) is 0 Å². The van der Waals surface area contributed by atoms with Crippen molar-refractivity contribution in [3.63, 3.8) is 0 Å². The van der Waals surface area contributed by atoms with Crippen LogP contribution in [0.1, 0.15) is 37.6 Å². The van der Waals surface area contributed by atoms with Gasteiger partial charge in [0.15, 0.2) is 0 Å². The highest BCUT2D eigenvalue weighted by Crippen LogP contribution is 2.32. The molecule has 0 aliphatic carbocycles. The Morgan fingerprint density at radius 2 is 1.70 bits per heavy atom. The predicted octanol–water partition coefficient (Wildman–Crippen LogP) is 5.14. The third-order valence-electron chi connectivity index (χ3n) is 5.36. The van der Waals surface area contributed by atoms with Crippen molar-refractivity contribution < 1.29 is 14.6 Å². The minimum atomic E-state index is -0.547. The number of nitrogens with zero attached hydrogens (tertiary/aromatic N) is 3. The maximum Gasteiger partial charge on any atom is 0.227 e. The average Bonchev–Trinajstić information content (AvgIpc) is 3.09. The van der Waals surface area contributed by atoms with Gasteiger partial charge in [-0.3, -0.25) is 4.90 Å². The average molecular weight is 452 g/mol. The van der Waals surface area contributed by atoms with Gasteiger partial charge in [-0.2, -0.15) is 5.10 Å². The van der Waals surface area contributed by atoms with Gasteiger partial charge in [0.05, 0.1) is 29.7 Å². The lowest BCUT2D eigenvalue weighted by Crippen LogP contribution is -2.37. The number of ether oxygens (including phenoxy) is 2. The number of hydrogen-bond acceptors (Lipinski definition) is 5.